The molecule has 1 aliphatic rings. The zero-order chi connectivity index (χ0) is 24.7. The van der Waals surface area contributed by atoms with Crippen LogP contribution >= 0.6 is 0 Å². The highest BCUT2D eigenvalue weighted by atomic mass is 16.6. The van der Waals surface area contributed by atoms with Crippen LogP contribution in [0.25, 0.3) is 0 Å². The van der Waals surface area contributed by atoms with Gasteiger partial charge < -0.3 is 14.8 Å². The Morgan fingerprint density at radius 2 is 1.65 bits per heavy atom. The van der Waals surface area contributed by atoms with Crippen LogP contribution in [-0.4, -0.2) is 47.1 Å². The highest BCUT2D eigenvalue weighted by Gasteiger charge is 2.39. The second-order valence-corrected chi connectivity index (χ2v) is 9.65. The van der Waals surface area contributed by atoms with Crippen molar-refractivity contribution in [1.29, 1.82) is 0 Å². The van der Waals surface area contributed by atoms with E-state index in [-0.39, 0.29) is 12.5 Å². The van der Waals surface area contributed by atoms with Crippen molar-refractivity contribution in [3.8, 4) is 0 Å². The summed E-state index contributed by atoms with van der Waals surface area (Å²) in [5.74, 6) is -0.803. The van der Waals surface area contributed by atoms with Crippen molar-refractivity contribution >= 4 is 18.0 Å². The number of carbonyl (C=O) groups is 3. The van der Waals surface area contributed by atoms with E-state index in [4.69, 9.17) is 9.47 Å². The Labute approximate surface area is 201 Å². The second-order valence-electron chi connectivity index (χ2n) is 9.65. The minimum atomic E-state index is -0.853. The van der Waals surface area contributed by atoms with Crippen LogP contribution in [0.15, 0.2) is 60.7 Å². The number of nitrogens with one attached hydrogen (secondary N) is 1. The van der Waals surface area contributed by atoms with Crippen molar-refractivity contribution in [2.75, 3.05) is 6.54 Å². The SMILES string of the molecule is C[C@H](NC(=O)C1CC(c2ccccc2)CCN1C(=O)OC(C)(C)C)C(=O)OCc1ccccc1. The van der Waals surface area contributed by atoms with Gasteiger partial charge in [-0.2, -0.15) is 0 Å². The lowest BCUT2D eigenvalue weighted by Gasteiger charge is -2.39. The molecule has 0 saturated carbocycles. The summed E-state index contributed by atoms with van der Waals surface area (Å²) < 4.78 is 10.9. The van der Waals surface area contributed by atoms with E-state index in [2.05, 4.69) is 5.32 Å². The largest absolute Gasteiger partial charge is 0.459 e. The van der Waals surface area contributed by atoms with Gasteiger partial charge in [0.05, 0.1) is 0 Å². The third kappa shape index (κ3) is 7.07. The van der Waals surface area contributed by atoms with Gasteiger partial charge in [0.25, 0.3) is 0 Å². The first-order valence-corrected chi connectivity index (χ1v) is 11.7. The Hall–Kier alpha value is -3.35. The zero-order valence-corrected chi connectivity index (χ0v) is 20.3. The number of piperidine rings is 1. The predicted molar refractivity (Wildman–Crippen MR) is 129 cm³/mol. The van der Waals surface area contributed by atoms with Crippen LogP contribution in [0, 0.1) is 0 Å². The van der Waals surface area contributed by atoms with Gasteiger partial charge in [0.15, 0.2) is 0 Å². The van der Waals surface area contributed by atoms with Crippen LogP contribution in [-0.2, 0) is 25.7 Å². The van der Waals surface area contributed by atoms with E-state index in [0.717, 1.165) is 17.5 Å². The summed E-state index contributed by atoms with van der Waals surface area (Å²) >= 11 is 0. The lowest BCUT2D eigenvalue weighted by molar-refractivity contribution is -0.149. The molecule has 0 aromatic heterocycles. The minimum Gasteiger partial charge on any atom is -0.459 e. The number of carbonyl (C=O) groups excluding carboxylic acids is 3. The number of ether oxygens (including phenoxy) is 2. The van der Waals surface area contributed by atoms with E-state index in [1.54, 1.807) is 27.7 Å². The molecule has 7 heteroatoms. The maximum atomic E-state index is 13.3. The van der Waals surface area contributed by atoms with Crippen LogP contribution in [0.5, 0.6) is 0 Å². The molecule has 2 amide bonds. The maximum Gasteiger partial charge on any atom is 0.410 e. The first kappa shape index (κ1) is 25.3. The first-order chi connectivity index (χ1) is 16.1. The molecule has 2 aromatic carbocycles. The Kier molecular flexibility index (Phi) is 8.31. The molecule has 1 fully saturated rings. The third-order valence-electron chi connectivity index (χ3n) is 5.74. The molecule has 3 rings (SSSR count). The smallest absolute Gasteiger partial charge is 0.410 e. The van der Waals surface area contributed by atoms with Crippen molar-refractivity contribution in [1.82, 2.24) is 10.2 Å². The number of hydrogen-bond donors (Lipinski definition) is 1. The Morgan fingerprint density at radius 1 is 1.03 bits per heavy atom. The molecule has 0 aliphatic carbocycles. The molecule has 7 nitrogen and oxygen atoms in total. The maximum absolute atomic E-state index is 13.3. The molecule has 0 bridgehead atoms. The van der Waals surface area contributed by atoms with Crippen LogP contribution in [0.1, 0.15) is 57.6 Å². The summed E-state index contributed by atoms with van der Waals surface area (Å²) in [5, 5.41) is 2.74. The predicted octanol–water partition coefficient (Wildman–Crippen LogP) is 4.42. The van der Waals surface area contributed by atoms with Gasteiger partial charge in [-0.15, -0.1) is 0 Å². The summed E-state index contributed by atoms with van der Waals surface area (Å²) in [6, 6.07) is 17.7. The standard InChI is InChI=1S/C27H34N2O5/c1-19(25(31)33-18-20-11-7-5-8-12-20)28-24(30)23-17-22(21-13-9-6-10-14-21)15-16-29(23)26(32)34-27(2,3)4/h5-14,19,22-23H,15-18H2,1-4H3,(H,28,30)/t19-,22?,23?/m0/s1. The average molecular weight is 467 g/mol. The van der Waals surface area contributed by atoms with E-state index < -0.39 is 35.7 Å². The van der Waals surface area contributed by atoms with Gasteiger partial charge in [0.2, 0.25) is 5.91 Å². The molecule has 3 atom stereocenters. The summed E-state index contributed by atoms with van der Waals surface area (Å²) in [5.41, 5.74) is 1.31. The summed E-state index contributed by atoms with van der Waals surface area (Å²) in [6.07, 6.45) is 0.640. The fraction of sp³-hybridized carbons (Fsp3) is 0.444. The molecular formula is C27H34N2O5. The second kappa shape index (κ2) is 11.2. The van der Waals surface area contributed by atoms with Gasteiger partial charge in [0, 0.05) is 6.54 Å². The van der Waals surface area contributed by atoms with Crippen molar-refractivity contribution in [2.45, 2.75) is 70.7 Å². The number of rotatable bonds is 6. The highest BCUT2D eigenvalue weighted by Crippen LogP contribution is 2.32. The summed E-state index contributed by atoms with van der Waals surface area (Å²) in [4.78, 5) is 40.1. The van der Waals surface area contributed by atoms with E-state index in [1.165, 1.54) is 4.90 Å². The molecule has 0 radical (unpaired) electrons. The average Bonchev–Trinajstić information content (AvgIpc) is 2.82. The fourth-order valence-corrected chi connectivity index (χ4v) is 4.00. The van der Waals surface area contributed by atoms with Crippen molar-refractivity contribution < 1.29 is 23.9 Å². The van der Waals surface area contributed by atoms with E-state index in [0.29, 0.717) is 13.0 Å². The molecular weight excluding hydrogens is 432 g/mol. The Morgan fingerprint density at radius 3 is 2.26 bits per heavy atom. The van der Waals surface area contributed by atoms with Crippen molar-refractivity contribution in [3.05, 3.63) is 71.8 Å². The molecule has 1 N–H and O–H groups in total. The van der Waals surface area contributed by atoms with E-state index >= 15 is 0 Å². The quantitative estimate of drug-likeness (QED) is 0.637. The number of likely N-dealkylation sites (tertiary alicyclic amines) is 1. The topological polar surface area (TPSA) is 84.9 Å². The Balaban J connectivity index is 1.68. The fourth-order valence-electron chi connectivity index (χ4n) is 4.00. The molecule has 1 heterocycles. The number of hydrogen-bond acceptors (Lipinski definition) is 5. The molecule has 2 aromatic rings. The van der Waals surface area contributed by atoms with Gasteiger partial charge >= 0.3 is 12.1 Å². The molecule has 34 heavy (non-hydrogen) atoms. The normalized spacial score (nSPS) is 19.1. The summed E-state index contributed by atoms with van der Waals surface area (Å²) in [6.45, 7) is 7.48. The molecule has 1 aliphatic heterocycles. The van der Waals surface area contributed by atoms with Crippen LogP contribution < -0.4 is 5.32 Å². The molecule has 182 valence electrons. The number of esters is 1. The lowest BCUT2D eigenvalue weighted by Crippen LogP contribution is -2.56. The number of amides is 2. The van der Waals surface area contributed by atoms with E-state index in [9.17, 15) is 14.4 Å². The monoisotopic (exact) mass is 466 g/mol. The van der Waals surface area contributed by atoms with Gasteiger partial charge in [0.1, 0.15) is 24.3 Å². The zero-order valence-electron chi connectivity index (χ0n) is 20.3. The van der Waals surface area contributed by atoms with E-state index in [1.807, 2.05) is 60.7 Å². The third-order valence-corrected chi connectivity index (χ3v) is 5.74. The molecule has 2 unspecified atom stereocenters. The van der Waals surface area contributed by atoms with Crippen molar-refractivity contribution in [2.24, 2.45) is 0 Å². The van der Waals surface area contributed by atoms with Gasteiger partial charge in [-0.05, 0) is 57.6 Å². The van der Waals surface area contributed by atoms with Crippen LogP contribution in [0.3, 0.4) is 0 Å². The lowest BCUT2D eigenvalue weighted by atomic mass is 9.85. The number of nitrogens with zero attached hydrogens (tertiary/aromatic N) is 1. The van der Waals surface area contributed by atoms with Crippen LogP contribution in [0.2, 0.25) is 0 Å². The first-order valence-electron chi connectivity index (χ1n) is 11.7. The van der Waals surface area contributed by atoms with Gasteiger partial charge in [-0.3, -0.25) is 9.69 Å². The number of benzene rings is 2. The summed E-state index contributed by atoms with van der Waals surface area (Å²) in [7, 11) is 0. The van der Waals surface area contributed by atoms with Gasteiger partial charge in [-0.25, -0.2) is 9.59 Å². The minimum absolute atomic E-state index is 0.121. The van der Waals surface area contributed by atoms with Crippen LogP contribution in [0.4, 0.5) is 4.79 Å². The highest BCUT2D eigenvalue weighted by molar-refractivity contribution is 5.89. The van der Waals surface area contributed by atoms with Gasteiger partial charge in [-0.1, -0.05) is 60.7 Å². The Bertz CT molecular complexity index is 972. The molecule has 1 saturated heterocycles. The molecule has 0 spiro atoms. The van der Waals surface area contributed by atoms with Crippen molar-refractivity contribution in [3.63, 3.8) is 0 Å².